The fraction of sp³-hybridized carbons (Fsp3) is 0.130. The fourth-order valence-electron chi connectivity index (χ4n) is 3.03. The number of hydrogen-bond acceptors (Lipinski definition) is 5. The third kappa shape index (κ3) is 4.32. The Balaban J connectivity index is 1.80. The van der Waals surface area contributed by atoms with E-state index in [9.17, 15) is 8.60 Å². The standard InChI is InChI=1S/C23H20FN3OS2/c1-3-21-26-22(16-9-11-18(24)12-10-16)23(29-21)17-13-14-25-20(15-17)27-30(2,28)19-7-5-4-6-8-19/h4-15H,3H2,1-2H3. The van der Waals surface area contributed by atoms with E-state index in [-0.39, 0.29) is 5.82 Å². The van der Waals surface area contributed by atoms with Gasteiger partial charge in [0.05, 0.1) is 25.3 Å². The Kier molecular flexibility index (Phi) is 5.74. The highest BCUT2D eigenvalue weighted by molar-refractivity contribution is 7.93. The Morgan fingerprint density at radius 2 is 1.77 bits per heavy atom. The summed E-state index contributed by atoms with van der Waals surface area (Å²) in [6.45, 7) is 2.05. The average Bonchev–Trinajstić information content (AvgIpc) is 3.19. The second-order valence-electron chi connectivity index (χ2n) is 6.76. The summed E-state index contributed by atoms with van der Waals surface area (Å²) in [5.41, 5.74) is 2.54. The normalized spacial score (nSPS) is 13.0. The first-order chi connectivity index (χ1) is 14.5. The zero-order valence-electron chi connectivity index (χ0n) is 16.6. The maximum absolute atomic E-state index is 13.4. The van der Waals surface area contributed by atoms with Gasteiger partial charge in [-0.25, -0.2) is 18.6 Å². The molecule has 0 saturated heterocycles. The van der Waals surface area contributed by atoms with E-state index in [1.54, 1.807) is 48.1 Å². The van der Waals surface area contributed by atoms with Crippen molar-refractivity contribution in [3.63, 3.8) is 0 Å². The van der Waals surface area contributed by atoms with Crippen molar-refractivity contribution in [3.05, 3.63) is 83.8 Å². The summed E-state index contributed by atoms with van der Waals surface area (Å²) in [6.07, 6.45) is 4.08. The Labute approximate surface area is 179 Å². The van der Waals surface area contributed by atoms with Crippen molar-refractivity contribution in [2.45, 2.75) is 18.2 Å². The lowest BCUT2D eigenvalue weighted by molar-refractivity contribution is 0.628. The van der Waals surface area contributed by atoms with Gasteiger partial charge in [-0.05, 0) is 60.5 Å². The third-order valence-corrected chi connectivity index (χ3v) is 7.48. The molecule has 7 heteroatoms. The van der Waals surface area contributed by atoms with Crippen molar-refractivity contribution in [1.29, 1.82) is 0 Å². The molecule has 1 unspecified atom stereocenters. The molecule has 2 heterocycles. The SMILES string of the molecule is CCc1nc(-c2ccc(F)cc2)c(-c2ccnc(N=S(C)(=O)c3ccccc3)c2)s1. The van der Waals surface area contributed by atoms with Gasteiger partial charge >= 0.3 is 0 Å². The summed E-state index contributed by atoms with van der Waals surface area (Å²) in [5.74, 6) is 0.121. The molecule has 0 aliphatic carbocycles. The van der Waals surface area contributed by atoms with Crippen LogP contribution >= 0.6 is 11.3 Å². The predicted molar refractivity (Wildman–Crippen MR) is 121 cm³/mol. The molecular weight excluding hydrogens is 417 g/mol. The van der Waals surface area contributed by atoms with Crippen LogP contribution in [0.15, 0.2) is 82.2 Å². The predicted octanol–water partition coefficient (Wildman–Crippen LogP) is 6.36. The Morgan fingerprint density at radius 3 is 2.47 bits per heavy atom. The molecule has 1 atom stereocenters. The van der Waals surface area contributed by atoms with Crippen LogP contribution in [-0.4, -0.2) is 20.4 Å². The summed E-state index contributed by atoms with van der Waals surface area (Å²) >= 11 is 1.59. The fourth-order valence-corrected chi connectivity index (χ4v) is 5.27. The summed E-state index contributed by atoms with van der Waals surface area (Å²) in [7, 11) is -2.62. The summed E-state index contributed by atoms with van der Waals surface area (Å²) in [6, 6.07) is 19.2. The van der Waals surface area contributed by atoms with Crippen LogP contribution in [0, 0.1) is 5.82 Å². The lowest BCUT2D eigenvalue weighted by Gasteiger charge is -2.06. The highest BCUT2D eigenvalue weighted by atomic mass is 32.2. The van der Waals surface area contributed by atoms with Gasteiger partial charge in [0.2, 0.25) is 0 Å². The van der Waals surface area contributed by atoms with E-state index in [1.807, 2.05) is 30.3 Å². The first-order valence-corrected chi connectivity index (χ1v) is 12.2. The molecule has 0 spiro atoms. The number of pyridine rings is 1. The van der Waals surface area contributed by atoms with E-state index in [2.05, 4.69) is 16.3 Å². The molecule has 0 fully saturated rings. The molecule has 0 N–H and O–H groups in total. The van der Waals surface area contributed by atoms with E-state index in [1.165, 1.54) is 12.1 Å². The number of hydrogen-bond donors (Lipinski definition) is 0. The number of thiazole rings is 1. The molecule has 2 aromatic heterocycles. The lowest BCUT2D eigenvalue weighted by atomic mass is 10.1. The van der Waals surface area contributed by atoms with E-state index >= 15 is 0 Å². The van der Waals surface area contributed by atoms with Crippen molar-refractivity contribution in [1.82, 2.24) is 9.97 Å². The van der Waals surface area contributed by atoms with Gasteiger partial charge in [-0.15, -0.1) is 11.3 Å². The van der Waals surface area contributed by atoms with E-state index in [0.29, 0.717) is 10.7 Å². The highest BCUT2D eigenvalue weighted by Crippen LogP contribution is 2.38. The van der Waals surface area contributed by atoms with Gasteiger partial charge in [0.1, 0.15) is 5.82 Å². The van der Waals surface area contributed by atoms with Crippen LogP contribution in [0.3, 0.4) is 0 Å². The molecule has 4 rings (SSSR count). The number of benzene rings is 2. The van der Waals surface area contributed by atoms with Crippen LogP contribution < -0.4 is 0 Å². The second-order valence-corrected chi connectivity index (χ2v) is 10.1. The molecule has 30 heavy (non-hydrogen) atoms. The van der Waals surface area contributed by atoms with Crippen molar-refractivity contribution >= 4 is 26.9 Å². The second kappa shape index (κ2) is 8.45. The molecule has 0 aliphatic rings. The quantitative estimate of drug-likeness (QED) is 0.365. The molecule has 0 radical (unpaired) electrons. The number of nitrogens with zero attached hydrogens (tertiary/aromatic N) is 3. The average molecular weight is 438 g/mol. The van der Waals surface area contributed by atoms with Gasteiger partial charge in [0.25, 0.3) is 0 Å². The first-order valence-electron chi connectivity index (χ1n) is 9.45. The van der Waals surface area contributed by atoms with Crippen LogP contribution in [0.25, 0.3) is 21.7 Å². The minimum atomic E-state index is -2.62. The van der Waals surface area contributed by atoms with Gasteiger partial charge in [-0.3, -0.25) is 0 Å². The monoisotopic (exact) mass is 437 g/mol. The minimum Gasteiger partial charge on any atom is -0.245 e. The maximum Gasteiger partial charge on any atom is 0.162 e. The Bertz CT molecular complexity index is 1290. The Morgan fingerprint density at radius 1 is 1.03 bits per heavy atom. The molecule has 152 valence electrons. The van der Waals surface area contributed by atoms with Crippen LogP contribution in [0.2, 0.25) is 0 Å². The summed E-state index contributed by atoms with van der Waals surface area (Å²) in [5, 5.41) is 0.989. The van der Waals surface area contributed by atoms with Crippen molar-refractivity contribution < 1.29 is 8.60 Å². The number of halogens is 1. The van der Waals surface area contributed by atoms with Gasteiger partial charge in [0, 0.05) is 22.9 Å². The molecule has 0 aliphatic heterocycles. The molecular formula is C23H20FN3OS2. The molecule has 4 aromatic rings. The first kappa shape index (κ1) is 20.4. The van der Waals surface area contributed by atoms with Crippen molar-refractivity contribution in [3.8, 4) is 21.7 Å². The largest absolute Gasteiger partial charge is 0.245 e. The lowest BCUT2D eigenvalue weighted by Crippen LogP contribution is -1.96. The minimum absolute atomic E-state index is 0.283. The van der Waals surface area contributed by atoms with Gasteiger partial charge in [-0.1, -0.05) is 25.1 Å². The number of aryl methyl sites for hydroxylation is 1. The molecule has 2 aromatic carbocycles. The van der Waals surface area contributed by atoms with Gasteiger partial charge in [-0.2, -0.15) is 4.36 Å². The van der Waals surface area contributed by atoms with Crippen LogP contribution in [-0.2, 0) is 16.1 Å². The van der Waals surface area contributed by atoms with Crippen LogP contribution in [0.4, 0.5) is 10.2 Å². The van der Waals surface area contributed by atoms with Crippen molar-refractivity contribution in [2.75, 3.05) is 6.26 Å². The van der Waals surface area contributed by atoms with E-state index in [0.717, 1.165) is 33.1 Å². The van der Waals surface area contributed by atoms with Crippen molar-refractivity contribution in [2.24, 2.45) is 4.36 Å². The molecule has 0 amide bonds. The molecule has 4 nitrogen and oxygen atoms in total. The van der Waals surface area contributed by atoms with Gasteiger partial charge in [0.15, 0.2) is 5.82 Å². The zero-order valence-corrected chi connectivity index (χ0v) is 18.2. The number of aromatic nitrogens is 2. The molecule has 0 bridgehead atoms. The van der Waals surface area contributed by atoms with Crippen LogP contribution in [0.1, 0.15) is 11.9 Å². The topological polar surface area (TPSA) is 55.2 Å². The maximum atomic E-state index is 13.4. The van der Waals surface area contributed by atoms with Crippen LogP contribution in [0.5, 0.6) is 0 Å². The smallest absolute Gasteiger partial charge is 0.162 e. The molecule has 0 saturated carbocycles. The van der Waals surface area contributed by atoms with E-state index < -0.39 is 9.73 Å². The highest BCUT2D eigenvalue weighted by Gasteiger charge is 2.15. The number of rotatable bonds is 5. The zero-order chi connectivity index (χ0) is 21.1. The summed E-state index contributed by atoms with van der Waals surface area (Å²) in [4.78, 5) is 10.7. The van der Waals surface area contributed by atoms with Gasteiger partial charge < -0.3 is 0 Å². The summed E-state index contributed by atoms with van der Waals surface area (Å²) < 4.78 is 30.9. The Hall–Kier alpha value is -2.90. The third-order valence-electron chi connectivity index (χ3n) is 4.55. The van der Waals surface area contributed by atoms with E-state index in [4.69, 9.17) is 4.98 Å².